The summed E-state index contributed by atoms with van der Waals surface area (Å²) in [5.41, 5.74) is -0.596. The van der Waals surface area contributed by atoms with Gasteiger partial charge in [-0.2, -0.15) is 4.31 Å². The van der Waals surface area contributed by atoms with Crippen LogP contribution in [-0.4, -0.2) is 35.3 Å². The monoisotopic (exact) mass is 314 g/mol. The molecule has 1 aliphatic heterocycles. The zero-order valence-corrected chi connectivity index (χ0v) is 12.5. The van der Waals surface area contributed by atoms with Crippen LogP contribution in [0.25, 0.3) is 0 Å². The normalized spacial score (nSPS) is 20.3. The van der Waals surface area contributed by atoms with E-state index in [1.54, 1.807) is 0 Å². The second-order valence-corrected chi connectivity index (χ2v) is 6.97. The Morgan fingerprint density at radius 1 is 1.43 bits per heavy atom. The highest BCUT2D eigenvalue weighted by Crippen LogP contribution is 2.32. The average Bonchev–Trinajstić information content (AvgIpc) is 2.47. The molecule has 0 bridgehead atoms. The summed E-state index contributed by atoms with van der Waals surface area (Å²) in [6, 6.07) is 3.11. The van der Waals surface area contributed by atoms with E-state index < -0.39 is 26.4 Å². The number of phenols is 1. The minimum atomic E-state index is -3.78. The molecule has 1 aromatic rings. The van der Waals surface area contributed by atoms with E-state index in [1.807, 2.05) is 6.92 Å². The van der Waals surface area contributed by atoms with Gasteiger partial charge in [0.25, 0.3) is 0 Å². The van der Waals surface area contributed by atoms with Crippen molar-refractivity contribution in [2.45, 2.75) is 43.5 Å². The number of rotatable bonds is 4. The Balaban J connectivity index is 2.43. The molecule has 0 radical (unpaired) electrons. The fourth-order valence-corrected chi connectivity index (χ4v) is 4.43. The predicted octanol–water partition coefficient (Wildman–Crippen LogP) is 2.25. The third-order valence-corrected chi connectivity index (χ3v) is 5.74. The zero-order chi connectivity index (χ0) is 15.6. The molecule has 1 N–H and O–H groups in total. The molecule has 21 heavy (non-hydrogen) atoms. The highest BCUT2D eigenvalue weighted by molar-refractivity contribution is 7.89. The van der Waals surface area contributed by atoms with Crippen molar-refractivity contribution in [3.63, 3.8) is 0 Å². The third kappa shape index (κ3) is 3.01. The number of nitro benzene ring substituents is 1. The first-order valence-corrected chi connectivity index (χ1v) is 8.31. The van der Waals surface area contributed by atoms with Gasteiger partial charge >= 0.3 is 5.69 Å². The number of nitrogens with zero attached hydrogens (tertiary/aromatic N) is 2. The second kappa shape index (κ2) is 5.98. The van der Waals surface area contributed by atoms with E-state index in [9.17, 15) is 23.6 Å². The van der Waals surface area contributed by atoms with Gasteiger partial charge in [-0.25, -0.2) is 8.42 Å². The lowest BCUT2D eigenvalue weighted by atomic mass is 10.0. The van der Waals surface area contributed by atoms with Crippen LogP contribution < -0.4 is 0 Å². The molecular formula is C13H18N2O5S. The fourth-order valence-electron chi connectivity index (χ4n) is 2.64. The van der Waals surface area contributed by atoms with E-state index >= 15 is 0 Å². The van der Waals surface area contributed by atoms with Gasteiger partial charge in [0.2, 0.25) is 10.0 Å². The molecule has 116 valence electrons. The molecule has 0 spiro atoms. The van der Waals surface area contributed by atoms with Gasteiger partial charge in [-0.15, -0.1) is 0 Å². The number of aromatic hydroxyl groups is 1. The Kier molecular flexibility index (Phi) is 4.48. The van der Waals surface area contributed by atoms with Crippen LogP contribution in [0.3, 0.4) is 0 Å². The molecule has 1 atom stereocenters. The van der Waals surface area contributed by atoms with Gasteiger partial charge in [0, 0.05) is 18.7 Å². The van der Waals surface area contributed by atoms with Gasteiger partial charge in [-0.1, -0.05) is 13.3 Å². The van der Waals surface area contributed by atoms with Crippen molar-refractivity contribution < 1.29 is 18.4 Å². The maximum atomic E-state index is 12.7. The van der Waals surface area contributed by atoms with Crippen molar-refractivity contribution in [3.05, 3.63) is 28.3 Å². The lowest BCUT2D eigenvalue weighted by Gasteiger charge is -2.34. The first-order chi connectivity index (χ1) is 9.87. The Bertz CT molecular complexity index is 644. The molecule has 1 aliphatic rings. The van der Waals surface area contributed by atoms with E-state index in [2.05, 4.69) is 0 Å². The number of hydrogen-bond donors (Lipinski definition) is 1. The first-order valence-electron chi connectivity index (χ1n) is 6.87. The van der Waals surface area contributed by atoms with Crippen molar-refractivity contribution in [1.29, 1.82) is 0 Å². The van der Waals surface area contributed by atoms with Crippen LogP contribution >= 0.6 is 0 Å². The molecule has 8 heteroatoms. The van der Waals surface area contributed by atoms with Crippen LogP contribution in [0.15, 0.2) is 23.1 Å². The summed E-state index contributed by atoms with van der Waals surface area (Å²) in [5, 5.41) is 20.3. The van der Waals surface area contributed by atoms with E-state index in [-0.39, 0.29) is 10.9 Å². The Labute approximate surface area is 123 Å². The standard InChI is InChI=1S/C13H18N2O5S/c1-2-10-5-3-4-8-14(10)21(19,20)11-6-7-13(16)12(9-11)15(17)18/h6-7,9-10,16H,2-5,8H2,1H3. The number of sulfonamides is 1. The third-order valence-electron chi connectivity index (χ3n) is 3.79. The van der Waals surface area contributed by atoms with Gasteiger partial charge in [-0.3, -0.25) is 10.1 Å². The van der Waals surface area contributed by atoms with Crippen molar-refractivity contribution >= 4 is 15.7 Å². The number of piperidine rings is 1. The molecule has 0 amide bonds. The molecule has 0 aliphatic carbocycles. The smallest absolute Gasteiger partial charge is 0.312 e. The highest BCUT2D eigenvalue weighted by Gasteiger charge is 2.33. The summed E-state index contributed by atoms with van der Waals surface area (Å²) in [5.74, 6) is -0.537. The molecule has 1 aromatic carbocycles. The Morgan fingerprint density at radius 3 is 2.76 bits per heavy atom. The summed E-state index contributed by atoms with van der Waals surface area (Å²) >= 11 is 0. The topological polar surface area (TPSA) is 101 Å². The van der Waals surface area contributed by atoms with Crippen LogP contribution in [0.5, 0.6) is 5.75 Å². The molecule has 1 heterocycles. The second-order valence-electron chi connectivity index (χ2n) is 5.08. The lowest BCUT2D eigenvalue weighted by Crippen LogP contribution is -2.43. The van der Waals surface area contributed by atoms with Crippen LogP contribution in [-0.2, 0) is 10.0 Å². The maximum Gasteiger partial charge on any atom is 0.312 e. The van der Waals surface area contributed by atoms with E-state index in [0.29, 0.717) is 13.0 Å². The molecule has 0 aromatic heterocycles. The number of nitro groups is 1. The molecule has 2 rings (SSSR count). The molecule has 0 saturated carbocycles. The Hall–Kier alpha value is -1.67. The number of hydrogen-bond acceptors (Lipinski definition) is 5. The lowest BCUT2D eigenvalue weighted by molar-refractivity contribution is -0.386. The van der Waals surface area contributed by atoms with Gasteiger partial charge < -0.3 is 5.11 Å². The summed E-state index contributed by atoms with van der Waals surface area (Å²) in [6.45, 7) is 2.35. The molecule has 1 unspecified atom stereocenters. The maximum absolute atomic E-state index is 12.7. The summed E-state index contributed by atoms with van der Waals surface area (Å²) in [6.07, 6.45) is 3.28. The van der Waals surface area contributed by atoms with Crippen molar-refractivity contribution in [3.8, 4) is 5.75 Å². The van der Waals surface area contributed by atoms with Gasteiger partial charge in [0.1, 0.15) is 0 Å². The van der Waals surface area contributed by atoms with Gasteiger partial charge in [-0.05, 0) is 31.4 Å². The zero-order valence-electron chi connectivity index (χ0n) is 11.7. The van der Waals surface area contributed by atoms with Crippen molar-refractivity contribution in [2.24, 2.45) is 0 Å². The molecule has 1 fully saturated rings. The van der Waals surface area contributed by atoms with Crippen LogP contribution in [0.4, 0.5) is 5.69 Å². The van der Waals surface area contributed by atoms with Gasteiger partial charge in [0.05, 0.1) is 9.82 Å². The first kappa shape index (κ1) is 15.7. The minimum Gasteiger partial charge on any atom is -0.502 e. The molecule has 7 nitrogen and oxygen atoms in total. The van der Waals surface area contributed by atoms with E-state index in [1.165, 1.54) is 10.4 Å². The molecule has 1 saturated heterocycles. The van der Waals surface area contributed by atoms with Gasteiger partial charge in [0.15, 0.2) is 5.75 Å². The Morgan fingerprint density at radius 2 is 2.14 bits per heavy atom. The minimum absolute atomic E-state index is 0.0726. The summed E-state index contributed by atoms with van der Waals surface area (Å²) in [4.78, 5) is 9.90. The van der Waals surface area contributed by atoms with E-state index in [0.717, 1.165) is 31.4 Å². The average molecular weight is 314 g/mol. The number of benzene rings is 1. The summed E-state index contributed by atoms with van der Waals surface area (Å²) in [7, 11) is -3.78. The number of phenolic OH excluding ortho intramolecular Hbond substituents is 1. The molecular weight excluding hydrogens is 296 g/mol. The van der Waals surface area contributed by atoms with Crippen molar-refractivity contribution in [2.75, 3.05) is 6.54 Å². The summed E-state index contributed by atoms with van der Waals surface area (Å²) < 4.78 is 26.8. The van der Waals surface area contributed by atoms with Crippen LogP contribution in [0.1, 0.15) is 32.6 Å². The predicted molar refractivity (Wildman–Crippen MR) is 76.6 cm³/mol. The van der Waals surface area contributed by atoms with Crippen molar-refractivity contribution in [1.82, 2.24) is 4.31 Å². The SMILES string of the molecule is CCC1CCCCN1S(=O)(=O)c1ccc(O)c([N+](=O)[O-])c1. The quantitative estimate of drug-likeness (QED) is 0.678. The highest BCUT2D eigenvalue weighted by atomic mass is 32.2. The van der Waals surface area contributed by atoms with Crippen LogP contribution in [0.2, 0.25) is 0 Å². The largest absolute Gasteiger partial charge is 0.502 e. The fraction of sp³-hybridized carbons (Fsp3) is 0.538. The van der Waals surface area contributed by atoms with E-state index in [4.69, 9.17) is 0 Å². The van der Waals surface area contributed by atoms with Crippen LogP contribution in [0, 0.1) is 10.1 Å².